The third-order valence-corrected chi connectivity index (χ3v) is 8.73. The highest BCUT2D eigenvalue weighted by Crippen LogP contribution is 2.52. The Morgan fingerprint density at radius 2 is 1.83 bits per heavy atom. The van der Waals surface area contributed by atoms with E-state index in [2.05, 4.69) is 4.72 Å². The van der Waals surface area contributed by atoms with Crippen LogP contribution in [0.15, 0.2) is 36.4 Å². The van der Waals surface area contributed by atoms with E-state index in [1.54, 1.807) is 6.07 Å². The first-order valence-electron chi connectivity index (χ1n) is 11.4. The van der Waals surface area contributed by atoms with Crippen molar-refractivity contribution in [3.8, 4) is 11.1 Å². The summed E-state index contributed by atoms with van der Waals surface area (Å²) in [4.78, 5) is 14.7. The van der Waals surface area contributed by atoms with E-state index in [1.807, 2.05) is 0 Å². The number of nitrogens with one attached hydrogen (secondary N) is 1. The Hall–Kier alpha value is -2.47. The molecule has 188 valence electrons. The Bertz CT molecular complexity index is 1280. The number of carbonyl (C=O) groups is 1. The molecule has 0 bridgehead atoms. The van der Waals surface area contributed by atoms with E-state index >= 15 is 4.39 Å². The first-order chi connectivity index (χ1) is 16.4. The lowest BCUT2D eigenvalue weighted by Gasteiger charge is -2.34. The second kappa shape index (κ2) is 8.29. The third-order valence-electron chi connectivity index (χ3n) is 7.20. The molecule has 2 aromatic carbocycles. The molecule has 11 heteroatoms. The molecule has 1 saturated heterocycles. The van der Waals surface area contributed by atoms with E-state index in [4.69, 9.17) is 0 Å². The number of aliphatic hydroxyl groups is 1. The second-order valence-electron chi connectivity index (χ2n) is 9.85. The van der Waals surface area contributed by atoms with Crippen LogP contribution in [0.4, 0.5) is 13.2 Å². The molecule has 1 amide bonds. The molecule has 1 aliphatic heterocycles. The lowest BCUT2D eigenvalue weighted by atomic mass is 9.94. The van der Waals surface area contributed by atoms with Crippen LogP contribution < -0.4 is 4.72 Å². The van der Waals surface area contributed by atoms with Gasteiger partial charge in [0.05, 0.1) is 6.04 Å². The zero-order valence-corrected chi connectivity index (χ0v) is 20.0. The largest absolute Gasteiger partial charge is 0.380 e. The van der Waals surface area contributed by atoms with Crippen LogP contribution in [0.3, 0.4) is 0 Å². The first-order valence-corrected chi connectivity index (χ1v) is 12.8. The maximum absolute atomic E-state index is 15.6. The average molecular weight is 510 g/mol. The van der Waals surface area contributed by atoms with Gasteiger partial charge < -0.3 is 10.0 Å². The van der Waals surface area contributed by atoms with E-state index in [9.17, 15) is 27.1 Å². The summed E-state index contributed by atoms with van der Waals surface area (Å²) in [5, 5.41) is 10.5. The lowest BCUT2D eigenvalue weighted by Crippen LogP contribution is -2.55. The number of amides is 1. The number of hydrogen-bond acceptors (Lipinski definition) is 4. The van der Waals surface area contributed by atoms with Crippen LogP contribution in [0.2, 0.25) is 0 Å². The third kappa shape index (κ3) is 4.35. The van der Waals surface area contributed by atoms with Crippen LogP contribution in [-0.2, 0) is 21.4 Å². The SMILES string of the molecule is CN(C)S(=O)(=O)N[C@H]1[C@@H]2C[C@@H]2N(C(=O)C2(O)CC2)[C@H]1Cc1cccc(-c2cc(F)cc(F)c2)c1F. The molecule has 3 aliphatic rings. The quantitative estimate of drug-likeness (QED) is 0.599. The Morgan fingerprint density at radius 1 is 1.17 bits per heavy atom. The molecule has 0 spiro atoms. The summed E-state index contributed by atoms with van der Waals surface area (Å²) >= 11 is 0. The Labute approximate surface area is 201 Å². The topological polar surface area (TPSA) is 90.0 Å². The molecule has 2 saturated carbocycles. The fraction of sp³-hybridized carbons (Fsp3) is 0.458. The molecular formula is C24H26F3N3O4S. The lowest BCUT2D eigenvalue weighted by molar-refractivity contribution is -0.144. The maximum Gasteiger partial charge on any atom is 0.279 e. The Morgan fingerprint density at radius 3 is 2.43 bits per heavy atom. The molecular weight excluding hydrogens is 483 g/mol. The molecule has 7 nitrogen and oxygen atoms in total. The van der Waals surface area contributed by atoms with Gasteiger partial charge in [-0.1, -0.05) is 18.2 Å². The van der Waals surface area contributed by atoms with Gasteiger partial charge in [0.1, 0.15) is 23.1 Å². The minimum absolute atomic E-state index is 0.00632. The maximum atomic E-state index is 15.6. The Kier molecular flexibility index (Phi) is 5.74. The summed E-state index contributed by atoms with van der Waals surface area (Å²) in [7, 11) is -1.08. The van der Waals surface area contributed by atoms with Crippen molar-refractivity contribution in [1.82, 2.24) is 13.9 Å². The molecule has 0 aromatic heterocycles. The monoisotopic (exact) mass is 509 g/mol. The summed E-state index contributed by atoms with van der Waals surface area (Å²) in [6, 6.07) is 5.56. The second-order valence-corrected chi connectivity index (χ2v) is 11.8. The highest BCUT2D eigenvalue weighted by atomic mass is 32.2. The minimum atomic E-state index is -3.85. The van der Waals surface area contributed by atoms with Crippen molar-refractivity contribution in [3.05, 3.63) is 59.4 Å². The number of rotatable bonds is 7. The van der Waals surface area contributed by atoms with Crippen molar-refractivity contribution in [2.24, 2.45) is 5.92 Å². The molecule has 4 atom stereocenters. The van der Waals surface area contributed by atoms with Gasteiger partial charge in [0.25, 0.3) is 16.1 Å². The predicted octanol–water partition coefficient (Wildman–Crippen LogP) is 2.20. The normalized spacial score (nSPS) is 26.7. The van der Waals surface area contributed by atoms with Gasteiger partial charge in [0, 0.05) is 37.8 Å². The first kappa shape index (κ1) is 24.2. The molecule has 2 aromatic rings. The van der Waals surface area contributed by atoms with E-state index in [1.165, 1.54) is 31.1 Å². The molecule has 5 rings (SSSR count). The number of benzene rings is 2. The fourth-order valence-electron chi connectivity index (χ4n) is 5.05. The number of halogens is 3. The van der Waals surface area contributed by atoms with Gasteiger partial charge in [-0.15, -0.1) is 0 Å². The van der Waals surface area contributed by atoms with Crippen LogP contribution in [0, 0.1) is 23.4 Å². The van der Waals surface area contributed by atoms with E-state index in [-0.39, 0.29) is 35.1 Å². The fourth-order valence-corrected chi connectivity index (χ4v) is 5.93. The van der Waals surface area contributed by atoms with Crippen molar-refractivity contribution in [2.75, 3.05) is 14.1 Å². The molecule has 0 radical (unpaired) electrons. The van der Waals surface area contributed by atoms with Crippen LogP contribution in [-0.4, -0.2) is 66.5 Å². The van der Waals surface area contributed by atoms with Crippen molar-refractivity contribution in [1.29, 1.82) is 0 Å². The van der Waals surface area contributed by atoms with E-state index in [0.29, 0.717) is 25.3 Å². The number of fused-ring (bicyclic) bond motifs is 1. The predicted molar refractivity (Wildman–Crippen MR) is 122 cm³/mol. The van der Waals surface area contributed by atoms with E-state index < -0.39 is 51.3 Å². The minimum Gasteiger partial charge on any atom is -0.380 e. The van der Waals surface area contributed by atoms with Gasteiger partial charge in [-0.25, -0.2) is 13.2 Å². The zero-order chi connectivity index (χ0) is 25.3. The molecule has 1 heterocycles. The van der Waals surface area contributed by atoms with Crippen molar-refractivity contribution in [3.63, 3.8) is 0 Å². The number of carbonyl (C=O) groups excluding carboxylic acids is 1. The van der Waals surface area contributed by atoms with Crippen LogP contribution >= 0.6 is 0 Å². The number of hydrogen-bond donors (Lipinski definition) is 2. The molecule has 3 fully saturated rings. The van der Waals surface area contributed by atoms with E-state index in [0.717, 1.165) is 16.4 Å². The van der Waals surface area contributed by atoms with Gasteiger partial charge in [-0.2, -0.15) is 17.4 Å². The van der Waals surface area contributed by atoms with Gasteiger partial charge in [-0.3, -0.25) is 4.79 Å². The highest BCUT2D eigenvalue weighted by molar-refractivity contribution is 7.87. The van der Waals surface area contributed by atoms with Gasteiger partial charge >= 0.3 is 0 Å². The summed E-state index contributed by atoms with van der Waals surface area (Å²) in [6.07, 6.45) is 1.21. The van der Waals surface area contributed by atoms with Crippen LogP contribution in [0.25, 0.3) is 11.1 Å². The molecule has 2 N–H and O–H groups in total. The summed E-state index contributed by atoms with van der Waals surface area (Å²) in [5.41, 5.74) is -1.26. The number of piperidine rings is 1. The summed E-state index contributed by atoms with van der Waals surface area (Å²) in [6.45, 7) is 0. The summed E-state index contributed by atoms with van der Waals surface area (Å²) in [5.74, 6) is -3.00. The Balaban J connectivity index is 1.51. The zero-order valence-electron chi connectivity index (χ0n) is 19.2. The molecule has 2 aliphatic carbocycles. The van der Waals surface area contributed by atoms with Crippen LogP contribution in [0.5, 0.6) is 0 Å². The number of nitrogens with zero attached hydrogens (tertiary/aromatic N) is 2. The standard InChI is InChI=1S/C24H26F3N3O4S/c1-29(2)35(33,34)28-22-18-12-19(18)30(23(31)24(32)6-7-24)20(22)10-13-4-3-5-17(21(13)27)14-8-15(25)11-16(26)9-14/h3-5,8-9,11,18-20,22,28,32H,6-7,10,12H2,1-2H3/t18-,19+,20+,22+/m1/s1. The van der Waals surface area contributed by atoms with Gasteiger partial charge in [-0.05, 0) is 54.9 Å². The summed E-state index contributed by atoms with van der Waals surface area (Å²) < 4.78 is 72.0. The van der Waals surface area contributed by atoms with Crippen LogP contribution in [0.1, 0.15) is 24.8 Å². The van der Waals surface area contributed by atoms with Gasteiger partial charge in [0.2, 0.25) is 0 Å². The highest BCUT2D eigenvalue weighted by Gasteiger charge is 2.64. The smallest absolute Gasteiger partial charge is 0.279 e. The van der Waals surface area contributed by atoms with Crippen molar-refractivity contribution >= 4 is 16.1 Å². The van der Waals surface area contributed by atoms with Crippen molar-refractivity contribution < 1.29 is 31.5 Å². The average Bonchev–Trinajstić information content (AvgIpc) is 3.68. The molecule has 0 unspecified atom stereocenters. The molecule has 35 heavy (non-hydrogen) atoms. The number of likely N-dealkylation sites (tertiary alicyclic amines) is 1. The van der Waals surface area contributed by atoms with Crippen molar-refractivity contribution in [2.45, 2.75) is 49.4 Å². The van der Waals surface area contributed by atoms with Gasteiger partial charge in [0.15, 0.2) is 0 Å².